The van der Waals surface area contributed by atoms with Gasteiger partial charge in [-0.2, -0.15) is 0 Å². The van der Waals surface area contributed by atoms with E-state index in [4.69, 9.17) is 10.5 Å². The van der Waals surface area contributed by atoms with E-state index < -0.39 is 0 Å². The van der Waals surface area contributed by atoms with Crippen LogP contribution in [0.5, 0.6) is 5.75 Å². The quantitative estimate of drug-likeness (QED) is 0.792. The minimum Gasteiger partial charge on any atom is -0.493 e. The molecule has 0 radical (unpaired) electrons. The number of anilines is 2. The maximum atomic E-state index is 11.4. The van der Waals surface area contributed by atoms with E-state index in [9.17, 15) is 4.79 Å². The molecule has 1 aromatic carbocycles. The molecular weight excluding hydrogens is 324 g/mol. The molecule has 0 saturated heterocycles. The lowest BCUT2D eigenvalue weighted by Gasteiger charge is -2.11. The summed E-state index contributed by atoms with van der Waals surface area (Å²) in [6.07, 6.45) is 2.23. The number of halogens is 1. The number of benzene rings is 1. The van der Waals surface area contributed by atoms with Gasteiger partial charge in [0, 0.05) is 23.0 Å². The van der Waals surface area contributed by atoms with Crippen LogP contribution in [0, 0.1) is 0 Å². The zero-order valence-corrected chi connectivity index (χ0v) is 12.2. The number of hydrogen-bond donors (Lipinski definition) is 3. The lowest BCUT2D eigenvalue weighted by Crippen LogP contribution is -2.16. The van der Waals surface area contributed by atoms with Crippen LogP contribution in [0.4, 0.5) is 11.5 Å². The van der Waals surface area contributed by atoms with Gasteiger partial charge in [-0.15, -0.1) is 0 Å². The van der Waals surface area contributed by atoms with Crippen LogP contribution >= 0.6 is 15.9 Å². The monoisotopic (exact) mass is 336 g/mol. The number of aromatic amines is 1. The van der Waals surface area contributed by atoms with Crippen molar-refractivity contribution in [3.8, 4) is 5.75 Å². The van der Waals surface area contributed by atoms with Crippen LogP contribution in [0.1, 0.15) is 11.1 Å². The number of H-pyrrole nitrogens is 1. The van der Waals surface area contributed by atoms with Crippen molar-refractivity contribution in [3.05, 3.63) is 44.4 Å². The molecule has 0 fully saturated rings. The van der Waals surface area contributed by atoms with Crippen LogP contribution in [-0.4, -0.2) is 16.6 Å². The Morgan fingerprint density at radius 1 is 1.50 bits per heavy atom. The average Bonchev–Trinajstić information content (AvgIpc) is 2.88. The predicted molar refractivity (Wildman–Crippen MR) is 79.9 cm³/mol. The summed E-state index contributed by atoms with van der Waals surface area (Å²) in [4.78, 5) is 17.9. The van der Waals surface area contributed by atoms with E-state index in [1.165, 1.54) is 11.9 Å². The smallest absolute Gasteiger partial charge is 0.276 e. The molecule has 0 aliphatic carbocycles. The Balaban J connectivity index is 1.86. The molecular formula is C13H13BrN4O2. The molecule has 0 amide bonds. The molecule has 2 aromatic rings. The van der Waals surface area contributed by atoms with Crippen LogP contribution < -0.4 is 21.3 Å². The van der Waals surface area contributed by atoms with Crippen LogP contribution in [-0.2, 0) is 13.0 Å². The molecule has 104 valence electrons. The Hall–Kier alpha value is -2.02. The highest BCUT2D eigenvalue weighted by Crippen LogP contribution is 2.33. The first-order chi connectivity index (χ1) is 9.65. The molecule has 0 atom stereocenters. The Morgan fingerprint density at radius 3 is 3.20 bits per heavy atom. The maximum Gasteiger partial charge on any atom is 0.276 e. The van der Waals surface area contributed by atoms with Gasteiger partial charge in [0.05, 0.1) is 12.9 Å². The number of hydrogen-bond acceptors (Lipinski definition) is 5. The number of rotatable bonds is 3. The molecule has 2 heterocycles. The van der Waals surface area contributed by atoms with Gasteiger partial charge >= 0.3 is 0 Å². The highest BCUT2D eigenvalue weighted by Gasteiger charge is 2.17. The first kappa shape index (κ1) is 13.0. The second kappa shape index (κ2) is 5.16. The van der Waals surface area contributed by atoms with Gasteiger partial charge in [0.25, 0.3) is 5.56 Å². The Bertz CT molecular complexity index is 714. The number of nitrogens with one attached hydrogen (secondary N) is 2. The Labute approximate surface area is 123 Å². The lowest BCUT2D eigenvalue weighted by atomic mass is 10.1. The summed E-state index contributed by atoms with van der Waals surface area (Å²) in [6, 6.07) is 4.05. The second-order valence-corrected chi connectivity index (χ2v) is 5.41. The fourth-order valence-electron chi connectivity index (χ4n) is 2.21. The predicted octanol–water partition coefficient (Wildman–Crippen LogP) is 1.66. The van der Waals surface area contributed by atoms with Gasteiger partial charge < -0.3 is 20.8 Å². The van der Waals surface area contributed by atoms with Crippen molar-refractivity contribution in [1.29, 1.82) is 0 Å². The molecule has 1 aromatic heterocycles. The third kappa shape index (κ3) is 2.36. The number of ether oxygens (including phenoxy) is 1. The van der Waals surface area contributed by atoms with E-state index in [0.29, 0.717) is 19.0 Å². The molecule has 0 unspecified atom stereocenters. The number of aromatic nitrogens is 2. The van der Waals surface area contributed by atoms with E-state index in [1.54, 1.807) is 0 Å². The van der Waals surface area contributed by atoms with Crippen LogP contribution in [0.25, 0.3) is 0 Å². The third-order valence-electron chi connectivity index (χ3n) is 3.16. The number of fused-ring (bicyclic) bond motifs is 1. The van der Waals surface area contributed by atoms with Crippen molar-refractivity contribution in [2.45, 2.75) is 13.0 Å². The van der Waals surface area contributed by atoms with Gasteiger partial charge in [0.1, 0.15) is 11.4 Å². The van der Waals surface area contributed by atoms with E-state index in [-0.39, 0.29) is 11.2 Å². The number of nitrogen functional groups attached to an aromatic ring is 1. The van der Waals surface area contributed by atoms with Gasteiger partial charge in [-0.25, -0.2) is 4.98 Å². The standard InChI is InChI=1S/C13H13BrN4O2/c14-9-3-7-1-2-20-11(7)8(4-9)5-16-12-10(15)13(19)18-6-17-12/h3-4,6H,1-2,5,15H2,(H2,16,17,18,19). The Morgan fingerprint density at radius 2 is 2.35 bits per heavy atom. The largest absolute Gasteiger partial charge is 0.493 e. The summed E-state index contributed by atoms with van der Waals surface area (Å²) >= 11 is 3.49. The van der Waals surface area contributed by atoms with Gasteiger partial charge in [-0.05, 0) is 17.7 Å². The lowest BCUT2D eigenvalue weighted by molar-refractivity contribution is 0.354. The topological polar surface area (TPSA) is 93.0 Å². The van der Waals surface area contributed by atoms with Gasteiger partial charge in [0.2, 0.25) is 0 Å². The molecule has 20 heavy (non-hydrogen) atoms. The SMILES string of the molecule is Nc1c(NCc2cc(Br)cc3c2OCC3)nc[nH]c1=O. The highest BCUT2D eigenvalue weighted by molar-refractivity contribution is 9.10. The zero-order chi connectivity index (χ0) is 14.1. The number of nitrogens with zero attached hydrogens (tertiary/aromatic N) is 1. The van der Waals surface area contributed by atoms with Gasteiger partial charge in [0.15, 0.2) is 5.82 Å². The average molecular weight is 337 g/mol. The summed E-state index contributed by atoms with van der Waals surface area (Å²) in [5, 5.41) is 3.07. The van der Waals surface area contributed by atoms with Crippen molar-refractivity contribution in [3.63, 3.8) is 0 Å². The summed E-state index contributed by atoms with van der Waals surface area (Å²) in [5.74, 6) is 1.28. The van der Waals surface area contributed by atoms with E-state index >= 15 is 0 Å². The minimum atomic E-state index is -0.349. The first-order valence-electron chi connectivity index (χ1n) is 6.16. The third-order valence-corrected chi connectivity index (χ3v) is 3.62. The van der Waals surface area contributed by atoms with Crippen LogP contribution in [0.3, 0.4) is 0 Å². The van der Waals surface area contributed by atoms with E-state index in [1.807, 2.05) is 6.07 Å². The van der Waals surface area contributed by atoms with Crippen LogP contribution in [0.15, 0.2) is 27.7 Å². The van der Waals surface area contributed by atoms with Crippen molar-refractivity contribution in [2.24, 2.45) is 0 Å². The van der Waals surface area contributed by atoms with Crippen molar-refractivity contribution >= 4 is 27.4 Å². The van der Waals surface area contributed by atoms with Gasteiger partial charge in [-0.1, -0.05) is 15.9 Å². The van der Waals surface area contributed by atoms with Crippen molar-refractivity contribution in [2.75, 3.05) is 17.7 Å². The van der Waals surface area contributed by atoms with Gasteiger partial charge in [-0.3, -0.25) is 4.79 Å². The summed E-state index contributed by atoms with van der Waals surface area (Å²) < 4.78 is 6.65. The molecule has 0 saturated carbocycles. The van der Waals surface area contributed by atoms with E-state index in [0.717, 1.165) is 22.2 Å². The first-order valence-corrected chi connectivity index (χ1v) is 6.95. The fraction of sp³-hybridized carbons (Fsp3) is 0.231. The fourth-order valence-corrected chi connectivity index (χ4v) is 2.76. The van der Waals surface area contributed by atoms with Crippen LogP contribution in [0.2, 0.25) is 0 Å². The molecule has 1 aliphatic heterocycles. The highest BCUT2D eigenvalue weighted by atomic mass is 79.9. The molecule has 6 nitrogen and oxygen atoms in total. The summed E-state index contributed by atoms with van der Waals surface area (Å²) in [6.45, 7) is 1.19. The summed E-state index contributed by atoms with van der Waals surface area (Å²) in [5.41, 5.74) is 7.61. The zero-order valence-electron chi connectivity index (χ0n) is 10.6. The second-order valence-electron chi connectivity index (χ2n) is 4.50. The number of nitrogens with two attached hydrogens (primary N) is 1. The van der Waals surface area contributed by atoms with E-state index in [2.05, 4.69) is 37.3 Å². The van der Waals surface area contributed by atoms with Crippen molar-refractivity contribution in [1.82, 2.24) is 9.97 Å². The normalized spacial score (nSPS) is 12.8. The summed E-state index contributed by atoms with van der Waals surface area (Å²) in [7, 11) is 0. The Kier molecular flexibility index (Phi) is 3.35. The minimum absolute atomic E-state index is 0.0834. The van der Waals surface area contributed by atoms with Crippen molar-refractivity contribution < 1.29 is 4.74 Å². The maximum absolute atomic E-state index is 11.4. The molecule has 7 heteroatoms. The molecule has 3 rings (SSSR count). The molecule has 4 N–H and O–H groups in total. The molecule has 0 bridgehead atoms. The molecule has 1 aliphatic rings. The molecule has 0 spiro atoms.